The van der Waals surface area contributed by atoms with Crippen LogP contribution in [0.5, 0.6) is 0 Å². The van der Waals surface area contributed by atoms with Crippen molar-refractivity contribution in [2.75, 3.05) is 18.0 Å². The Morgan fingerprint density at radius 2 is 1.67 bits per heavy atom. The normalized spacial score (nSPS) is 20.2. The molecule has 1 atom stereocenters. The topological polar surface area (TPSA) is 6.25 Å². The third kappa shape index (κ3) is 3.48. The second kappa shape index (κ2) is 5.91. The number of hydrogen-bond acceptors (Lipinski definition) is 1. The zero-order chi connectivity index (χ0) is 17.5. The molecule has 1 unspecified atom stereocenters. The van der Waals surface area contributed by atoms with E-state index >= 15 is 0 Å². The highest BCUT2D eigenvalue weighted by molar-refractivity contribution is 6.03. The fourth-order valence-electron chi connectivity index (χ4n) is 3.60. The summed E-state index contributed by atoms with van der Waals surface area (Å²) in [5.74, 6) is 0. The average Bonchev–Trinajstić information content (AvgIpc) is 2.48. The van der Waals surface area contributed by atoms with Crippen LogP contribution in [0.4, 0.5) is 11.4 Å². The number of benzene rings is 1. The summed E-state index contributed by atoms with van der Waals surface area (Å²) in [5, 5.41) is 0. The number of rotatable bonds is 2. The first-order chi connectivity index (χ1) is 11.2. The summed E-state index contributed by atoms with van der Waals surface area (Å²) < 4.78 is 2.53. The lowest BCUT2D eigenvalue weighted by atomic mass is 9.90. The SMILES string of the molecule is CC(C)(C)CN1c2ccccc2[N+](CC(C)(C)C)=C2C=CC=CC21. The van der Waals surface area contributed by atoms with Crippen LogP contribution in [0.25, 0.3) is 0 Å². The molecular formula is C22H31N2+. The van der Waals surface area contributed by atoms with Gasteiger partial charge in [0.25, 0.3) is 0 Å². The van der Waals surface area contributed by atoms with Crippen LogP contribution in [0.15, 0.2) is 48.6 Å². The van der Waals surface area contributed by atoms with Gasteiger partial charge in [0.05, 0.1) is 0 Å². The van der Waals surface area contributed by atoms with Crippen LogP contribution >= 0.6 is 0 Å². The molecule has 3 rings (SSSR count). The van der Waals surface area contributed by atoms with Crippen LogP contribution in [0.2, 0.25) is 0 Å². The van der Waals surface area contributed by atoms with Crippen molar-refractivity contribution in [3.63, 3.8) is 0 Å². The van der Waals surface area contributed by atoms with Crippen LogP contribution in [-0.4, -0.2) is 29.4 Å². The number of allylic oxidation sites excluding steroid dienone is 2. The highest BCUT2D eigenvalue weighted by Crippen LogP contribution is 2.38. The van der Waals surface area contributed by atoms with E-state index in [1.165, 1.54) is 17.1 Å². The predicted octanol–water partition coefficient (Wildman–Crippen LogP) is 5.18. The van der Waals surface area contributed by atoms with Crippen molar-refractivity contribution >= 4 is 17.1 Å². The first-order valence-electron chi connectivity index (χ1n) is 9.01. The Hall–Kier alpha value is -1.83. The van der Waals surface area contributed by atoms with Crippen molar-refractivity contribution in [2.45, 2.75) is 47.6 Å². The molecule has 2 nitrogen and oxygen atoms in total. The molecule has 1 aromatic carbocycles. The summed E-state index contributed by atoms with van der Waals surface area (Å²) in [7, 11) is 0. The van der Waals surface area contributed by atoms with E-state index in [4.69, 9.17) is 0 Å². The van der Waals surface area contributed by atoms with Gasteiger partial charge in [0.1, 0.15) is 11.7 Å². The molecule has 0 spiro atoms. The zero-order valence-corrected chi connectivity index (χ0v) is 16.0. The summed E-state index contributed by atoms with van der Waals surface area (Å²) in [6, 6.07) is 9.20. The fraction of sp³-hybridized carbons (Fsp3) is 0.500. The minimum Gasteiger partial charge on any atom is -0.350 e. The molecule has 0 N–H and O–H groups in total. The lowest BCUT2D eigenvalue weighted by Gasteiger charge is -2.40. The maximum Gasteiger partial charge on any atom is 0.229 e. The van der Waals surface area contributed by atoms with Crippen LogP contribution in [0.3, 0.4) is 0 Å². The number of nitrogens with zero attached hydrogens (tertiary/aromatic N) is 2. The molecule has 1 heterocycles. The molecule has 2 aliphatic rings. The van der Waals surface area contributed by atoms with Crippen molar-refractivity contribution in [1.82, 2.24) is 0 Å². The quantitative estimate of drug-likeness (QED) is 0.680. The maximum atomic E-state index is 2.57. The van der Waals surface area contributed by atoms with Crippen molar-refractivity contribution in [3.05, 3.63) is 48.6 Å². The Morgan fingerprint density at radius 1 is 0.958 bits per heavy atom. The summed E-state index contributed by atoms with van der Waals surface area (Å²) in [5.41, 5.74) is 4.58. The van der Waals surface area contributed by atoms with Crippen LogP contribution in [0.1, 0.15) is 41.5 Å². The Morgan fingerprint density at radius 3 is 2.33 bits per heavy atom. The molecule has 128 valence electrons. The molecule has 1 aliphatic carbocycles. The molecule has 24 heavy (non-hydrogen) atoms. The van der Waals surface area contributed by atoms with Crippen LogP contribution < -0.4 is 4.90 Å². The summed E-state index contributed by atoms with van der Waals surface area (Å²) in [6.07, 6.45) is 8.99. The molecule has 0 amide bonds. The van der Waals surface area contributed by atoms with Gasteiger partial charge >= 0.3 is 0 Å². The average molecular weight is 324 g/mol. The molecule has 0 saturated heterocycles. The molecule has 1 aliphatic heterocycles. The van der Waals surface area contributed by atoms with E-state index < -0.39 is 0 Å². The monoisotopic (exact) mass is 323 g/mol. The molecular weight excluding hydrogens is 292 g/mol. The van der Waals surface area contributed by atoms with E-state index in [0.29, 0.717) is 6.04 Å². The second-order valence-corrected chi connectivity index (χ2v) is 9.44. The first-order valence-corrected chi connectivity index (χ1v) is 9.01. The smallest absolute Gasteiger partial charge is 0.229 e. The summed E-state index contributed by atoms with van der Waals surface area (Å²) in [6.45, 7) is 16.0. The van der Waals surface area contributed by atoms with Gasteiger partial charge in [-0.1, -0.05) is 71.9 Å². The van der Waals surface area contributed by atoms with Crippen LogP contribution in [0, 0.1) is 10.8 Å². The predicted molar refractivity (Wildman–Crippen MR) is 105 cm³/mol. The molecule has 2 heteroatoms. The van der Waals surface area contributed by atoms with E-state index in [0.717, 1.165) is 13.1 Å². The number of anilines is 1. The third-order valence-corrected chi connectivity index (χ3v) is 4.38. The third-order valence-electron chi connectivity index (χ3n) is 4.38. The number of para-hydroxylation sites is 2. The zero-order valence-electron chi connectivity index (χ0n) is 16.0. The molecule has 0 aromatic heterocycles. The van der Waals surface area contributed by atoms with Gasteiger partial charge in [-0.15, -0.1) is 0 Å². The van der Waals surface area contributed by atoms with Crippen molar-refractivity contribution in [2.24, 2.45) is 10.8 Å². The first kappa shape index (κ1) is 17.0. The molecule has 0 bridgehead atoms. The van der Waals surface area contributed by atoms with E-state index in [9.17, 15) is 0 Å². The van der Waals surface area contributed by atoms with E-state index in [1.807, 2.05) is 0 Å². The minimum absolute atomic E-state index is 0.242. The maximum absolute atomic E-state index is 2.57. The number of fused-ring (bicyclic) bond motifs is 2. The van der Waals surface area contributed by atoms with Gasteiger partial charge in [-0.25, -0.2) is 0 Å². The van der Waals surface area contributed by atoms with Gasteiger partial charge in [-0.05, 0) is 11.5 Å². The number of hydrogen-bond donors (Lipinski definition) is 0. The van der Waals surface area contributed by atoms with Crippen molar-refractivity contribution < 1.29 is 4.58 Å². The lowest BCUT2D eigenvalue weighted by molar-refractivity contribution is -0.458. The fourth-order valence-corrected chi connectivity index (χ4v) is 3.60. The van der Waals surface area contributed by atoms with Crippen molar-refractivity contribution in [1.29, 1.82) is 0 Å². The van der Waals surface area contributed by atoms with E-state index in [1.54, 1.807) is 0 Å². The highest BCUT2D eigenvalue weighted by Gasteiger charge is 2.40. The Kier molecular flexibility index (Phi) is 4.19. The minimum atomic E-state index is 0.242. The molecule has 0 fully saturated rings. The largest absolute Gasteiger partial charge is 0.350 e. The lowest BCUT2D eigenvalue weighted by Crippen LogP contribution is -2.50. The van der Waals surface area contributed by atoms with Crippen LogP contribution in [-0.2, 0) is 0 Å². The van der Waals surface area contributed by atoms with Gasteiger partial charge in [0.15, 0.2) is 6.54 Å². The molecule has 0 saturated carbocycles. The van der Waals surface area contributed by atoms with Gasteiger partial charge < -0.3 is 4.90 Å². The van der Waals surface area contributed by atoms with Crippen molar-refractivity contribution in [3.8, 4) is 0 Å². The van der Waals surface area contributed by atoms with Gasteiger partial charge in [0.2, 0.25) is 11.4 Å². The van der Waals surface area contributed by atoms with Gasteiger partial charge in [-0.3, -0.25) is 0 Å². The standard InChI is InChI=1S/C22H31N2/c1-21(2,3)15-23-17-11-7-9-13-19(17)24(16-22(4,5)6)20-14-10-8-12-18(20)23/h7-14,17H,15-16H2,1-6H3/q+1. The Balaban J connectivity index is 2.16. The summed E-state index contributed by atoms with van der Waals surface area (Å²) >= 11 is 0. The second-order valence-electron chi connectivity index (χ2n) is 9.44. The van der Waals surface area contributed by atoms with Gasteiger partial charge in [-0.2, -0.15) is 4.58 Å². The molecule has 0 radical (unpaired) electrons. The van der Waals surface area contributed by atoms with E-state index in [-0.39, 0.29) is 10.8 Å². The highest BCUT2D eigenvalue weighted by atomic mass is 15.2. The Bertz CT molecular complexity index is 708. The van der Waals surface area contributed by atoms with Gasteiger partial charge in [0, 0.05) is 24.1 Å². The summed E-state index contributed by atoms with van der Waals surface area (Å²) in [4.78, 5) is 2.57. The van der Waals surface area contributed by atoms with E-state index in [2.05, 4.69) is 99.6 Å². The molecule has 1 aromatic rings. The Labute approximate surface area is 147 Å².